The Balaban J connectivity index is 3.09. The molecule has 100 valence electrons. The Bertz CT molecular complexity index is 440. The fraction of sp³-hybridized carbons (Fsp3) is 0.545. The number of halogens is 1. The zero-order valence-corrected chi connectivity index (χ0v) is 11.3. The van der Waals surface area contributed by atoms with Gasteiger partial charge in [-0.15, -0.1) is 0 Å². The standard InChI is InChI=1S/C11H16ClN3O3/c1-4-8(6-18-3)14-9-5-7(2)13-11(12)10(9)15(16)17/h5,8H,4,6H2,1-3H3,(H,13,14). The molecular weight excluding hydrogens is 258 g/mol. The first-order valence-electron chi connectivity index (χ1n) is 5.56. The van der Waals surface area contributed by atoms with Crippen LogP contribution in [0.1, 0.15) is 19.0 Å². The quantitative estimate of drug-likeness (QED) is 0.490. The van der Waals surface area contributed by atoms with E-state index in [2.05, 4.69) is 10.3 Å². The van der Waals surface area contributed by atoms with Gasteiger partial charge in [0.25, 0.3) is 0 Å². The molecule has 1 aromatic heterocycles. The maximum atomic E-state index is 11.0. The molecule has 0 bridgehead atoms. The number of aryl methyl sites for hydroxylation is 1. The highest BCUT2D eigenvalue weighted by molar-refractivity contribution is 6.32. The van der Waals surface area contributed by atoms with Gasteiger partial charge in [-0.25, -0.2) is 4.98 Å². The predicted octanol–water partition coefficient (Wildman–Crippen LogP) is 2.79. The van der Waals surface area contributed by atoms with E-state index >= 15 is 0 Å². The van der Waals surface area contributed by atoms with Crippen molar-refractivity contribution in [2.24, 2.45) is 0 Å². The zero-order valence-electron chi connectivity index (χ0n) is 10.6. The molecule has 0 amide bonds. The monoisotopic (exact) mass is 273 g/mol. The van der Waals surface area contributed by atoms with Crippen LogP contribution in [-0.4, -0.2) is 29.7 Å². The van der Waals surface area contributed by atoms with Crippen LogP contribution in [0.5, 0.6) is 0 Å². The lowest BCUT2D eigenvalue weighted by atomic mass is 10.2. The smallest absolute Gasteiger partial charge is 0.329 e. The van der Waals surface area contributed by atoms with Gasteiger partial charge in [0.05, 0.1) is 11.5 Å². The number of anilines is 1. The minimum absolute atomic E-state index is 0.00781. The summed E-state index contributed by atoms with van der Waals surface area (Å²) < 4.78 is 5.05. The molecule has 1 aromatic rings. The summed E-state index contributed by atoms with van der Waals surface area (Å²) in [7, 11) is 1.59. The number of aromatic nitrogens is 1. The van der Waals surface area contributed by atoms with E-state index in [1.165, 1.54) is 0 Å². The van der Waals surface area contributed by atoms with E-state index in [4.69, 9.17) is 16.3 Å². The normalized spacial score (nSPS) is 12.2. The molecule has 1 N–H and O–H groups in total. The van der Waals surface area contributed by atoms with Crippen molar-refractivity contribution < 1.29 is 9.66 Å². The number of hydrogen-bond donors (Lipinski definition) is 1. The Hall–Kier alpha value is -1.40. The Labute approximate surface area is 110 Å². The number of rotatable bonds is 6. The number of hydrogen-bond acceptors (Lipinski definition) is 5. The lowest BCUT2D eigenvalue weighted by Gasteiger charge is -2.17. The van der Waals surface area contributed by atoms with Crippen molar-refractivity contribution in [2.45, 2.75) is 26.3 Å². The highest BCUT2D eigenvalue weighted by Crippen LogP contribution is 2.32. The molecular formula is C11H16ClN3O3. The molecule has 0 saturated carbocycles. The van der Waals surface area contributed by atoms with Crippen LogP contribution in [0.25, 0.3) is 0 Å². The second-order valence-corrected chi connectivity index (χ2v) is 4.27. The molecule has 7 heteroatoms. The molecule has 6 nitrogen and oxygen atoms in total. The molecule has 0 aromatic carbocycles. The largest absolute Gasteiger partial charge is 0.383 e. The van der Waals surface area contributed by atoms with E-state index in [9.17, 15) is 10.1 Å². The summed E-state index contributed by atoms with van der Waals surface area (Å²) in [6.07, 6.45) is 0.782. The average molecular weight is 274 g/mol. The predicted molar refractivity (Wildman–Crippen MR) is 70.2 cm³/mol. The minimum atomic E-state index is -0.531. The second kappa shape index (κ2) is 6.51. The molecule has 0 fully saturated rings. The van der Waals surface area contributed by atoms with Gasteiger partial charge in [-0.1, -0.05) is 18.5 Å². The lowest BCUT2D eigenvalue weighted by molar-refractivity contribution is -0.384. The Morgan fingerprint density at radius 1 is 1.67 bits per heavy atom. The van der Waals surface area contributed by atoms with Crippen LogP contribution >= 0.6 is 11.6 Å². The number of nitro groups is 1. The molecule has 0 radical (unpaired) electrons. The number of nitrogens with one attached hydrogen (secondary N) is 1. The summed E-state index contributed by atoms with van der Waals surface area (Å²) in [5.74, 6) is 0. The first-order valence-corrected chi connectivity index (χ1v) is 5.94. The van der Waals surface area contributed by atoms with Crippen molar-refractivity contribution in [3.8, 4) is 0 Å². The van der Waals surface area contributed by atoms with Gasteiger partial charge in [0.15, 0.2) is 0 Å². The van der Waals surface area contributed by atoms with Crippen LogP contribution < -0.4 is 5.32 Å². The van der Waals surface area contributed by atoms with E-state index in [-0.39, 0.29) is 16.9 Å². The van der Waals surface area contributed by atoms with Gasteiger partial charge in [0, 0.05) is 18.8 Å². The Kier molecular flexibility index (Phi) is 5.30. The third-order valence-electron chi connectivity index (χ3n) is 2.48. The third kappa shape index (κ3) is 3.54. The number of nitrogens with zero attached hydrogens (tertiary/aromatic N) is 2. The van der Waals surface area contributed by atoms with Crippen LogP contribution in [0.3, 0.4) is 0 Å². The summed E-state index contributed by atoms with van der Waals surface area (Å²) in [6.45, 7) is 4.17. The molecule has 1 heterocycles. The fourth-order valence-electron chi connectivity index (χ4n) is 1.59. The van der Waals surface area contributed by atoms with Gasteiger partial charge in [-0.3, -0.25) is 10.1 Å². The van der Waals surface area contributed by atoms with Gasteiger partial charge < -0.3 is 10.1 Å². The summed E-state index contributed by atoms with van der Waals surface area (Å²) in [5.41, 5.74) is 0.804. The molecule has 0 spiro atoms. The Morgan fingerprint density at radius 3 is 2.83 bits per heavy atom. The maximum Gasteiger partial charge on any atom is 0.329 e. The zero-order chi connectivity index (χ0) is 13.7. The van der Waals surface area contributed by atoms with E-state index in [1.54, 1.807) is 20.1 Å². The number of methoxy groups -OCH3 is 1. The highest BCUT2D eigenvalue weighted by atomic mass is 35.5. The summed E-state index contributed by atoms with van der Waals surface area (Å²) in [4.78, 5) is 14.3. The lowest BCUT2D eigenvalue weighted by Crippen LogP contribution is -2.24. The third-order valence-corrected chi connectivity index (χ3v) is 2.74. The molecule has 1 unspecified atom stereocenters. The first-order chi connectivity index (χ1) is 8.49. The van der Waals surface area contributed by atoms with E-state index in [0.717, 1.165) is 6.42 Å². The van der Waals surface area contributed by atoms with Crippen LogP contribution in [0.15, 0.2) is 6.07 Å². The number of ether oxygens (including phenoxy) is 1. The first kappa shape index (κ1) is 14.7. The van der Waals surface area contributed by atoms with Crippen LogP contribution in [0.2, 0.25) is 5.15 Å². The van der Waals surface area contributed by atoms with Gasteiger partial charge in [-0.05, 0) is 19.4 Å². The maximum absolute atomic E-state index is 11.0. The van der Waals surface area contributed by atoms with Crippen molar-refractivity contribution >= 4 is 23.0 Å². The molecule has 1 atom stereocenters. The van der Waals surface area contributed by atoms with Crippen LogP contribution in [-0.2, 0) is 4.74 Å². The van der Waals surface area contributed by atoms with Crippen molar-refractivity contribution in [3.63, 3.8) is 0 Å². The van der Waals surface area contributed by atoms with Gasteiger partial charge >= 0.3 is 5.69 Å². The van der Waals surface area contributed by atoms with Crippen molar-refractivity contribution in [2.75, 3.05) is 19.0 Å². The molecule has 0 aliphatic carbocycles. The van der Waals surface area contributed by atoms with E-state index in [0.29, 0.717) is 18.0 Å². The van der Waals surface area contributed by atoms with Gasteiger partial charge in [-0.2, -0.15) is 0 Å². The van der Waals surface area contributed by atoms with Crippen molar-refractivity contribution in [1.29, 1.82) is 0 Å². The molecule has 0 aliphatic rings. The summed E-state index contributed by atoms with van der Waals surface area (Å²) in [5, 5.41) is 14.0. The molecule has 0 saturated heterocycles. The number of pyridine rings is 1. The minimum Gasteiger partial charge on any atom is -0.383 e. The molecule has 0 aliphatic heterocycles. The fourth-order valence-corrected chi connectivity index (χ4v) is 1.90. The SMILES string of the molecule is CCC(COC)Nc1cc(C)nc(Cl)c1[N+](=O)[O-]. The average Bonchev–Trinajstić information content (AvgIpc) is 2.26. The van der Waals surface area contributed by atoms with Crippen LogP contribution in [0.4, 0.5) is 11.4 Å². The summed E-state index contributed by atoms with van der Waals surface area (Å²) in [6, 6.07) is 1.61. The van der Waals surface area contributed by atoms with E-state index < -0.39 is 4.92 Å². The molecule has 18 heavy (non-hydrogen) atoms. The van der Waals surface area contributed by atoms with Crippen molar-refractivity contribution in [1.82, 2.24) is 4.98 Å². The molecule has 1 rings (SSSR count). The Morgan fingerprint density at radius 2 is 2.33 bits per heavy atom. The topological polar surface area (TPSA) is 77.3 Å². The van der Waals surface area contributed by atoms with Gasteiger partial charge in [0.1, 0.15) is 5.69 Å². The van der Waals surface area contributed by atoms with Crippen molar-refractivity contribution in [3.05, 3.63) is 27.0 Å². The second-order valence-electron chi connectivity index (χ2n) is 3.91. The highest BCUT2D eigenvalue weighted by Gasteiger charge is 2.22. The summed E-state index contributed by atoms with van der Waals surface area (Å²) >= 11 is 5.81. The van der Waals surface area contributed by atoms with Crippen LogP contribution in [0, 0.1) is 17.0 Å². The van der Waals surface area contributed by atoms with Gasteiger partial charge in [0.2, 0.25) is 5.15 Å². The van der Waals surface area contributed by atoms with E-state index in [1.807, 2.05) is 6.92 Å².